The fraction of sp³-hybridized carbons (Fsp3) is 0.462. The van der Waals surface area contributed by atoms with Crippen LogP contribution in [0.4, 0.5) is 5.69 Å². The zero-order valence-electron chi connectivity index (χ0n) is 11.3. The Labute approximate surface area is 137 Å². The van der Waals surface area contributed by atoms with Crippen LogP contribution in [0.25, 0.3) is 0 Å². The largest absolute Gasteiger partial charge is 0.462 e. The van der Waals surface area contributed by atoms with Crippen LogP contribution in [0.3, 0.4) is 0 Å². The second-order valence-electron chi connectivity index (χ2n) is 4.74. The number of halogens is 1. The Hall–Kier alpha value is -1.00. The van der Waals surface area contributed by atoms with E-state index in [1.165, 1.54) is 0 Å². The van der Waals surface area contributed by atoms with Gasteiger partial charge in [-0.3, -0.25) is 0 Å². The van der Waals surface area contributed by atoms with Crippen LogP contribution in [0.2, 0.25) is 0 Å². The molecule has 1 fully saturated rings. The van der Waals surface area contributed by atoms with E-state index in [2.05, 4.69) is 5.32 Å². The summed E-state index contributed by atoms with van der Waals surface area (Å²) >= 11 is 10.3. The Morgan fingerprint density at radius 3 is 2.36 bits per heavy atom. The van der Waals surface area contributed by atoms with Crippen molar-refractivity contribution in [3.05, 3.63) is 24.3 Å². The van der Waals surface area contributed by atoms with Gasteiger partial charge in [-0.25, -0.2) is 0 Å². The molecule has 2 rings (SSSR count). The summed E-state index contributed by atoms with van der Waals surface area (Å²) in [5.74, 6) is 0.357. The lowest BCUT2D eigenvalue weighted by Crippen LogP contribution is -2.60. The number of benzene rings is 1. The molecule has 1 aromatic carbocycles. The molecule has 0 aliphatic carbocycles. The molecule has 0 spiro atoms. The van der Waals surface area contributed by atoms with Crippen LogP contribution in [-0.4, -0.2) is 62.2 Å². The minimum Gasteiger partial charge on any atom is -0.462 e. The molecule has 0 bridgehead atoms. The first-order valence-corrected chi connectivity index (χ1v) is 7.24. The minimum atomic E-state index is -1.48. The van der Waals surface area contributed by atoms with Gasteiger partial charge in [-0.05, 0) is 36.5 Å². The van der Waals surface area contributed by atoms with Crippen molar-refractivity contribution < 1.29 is 29.9 Å². The van der Waals surface area contributed by atoms with Crippen molar-refractivity contribution in [3.63, 3.8) is 0 Å². The Morgan fingerprint density at radius 2 is 1.82 bits per heavy atom. The van der Waals surface area contributed by atoms with Gasteiger partial charge in [0.25, 0.3) is 0 Å². The molecule has 22 heavy (non-hydrogen) atoms. The average Bonchev–Trinajstić information content (AvgIpc) is 2.49. The van der Waals surface area contributed by atoms with E-state index in [1.54, 1.807) is 24.3 Å². The summed E-state index contributed by atoms with van der Waals surface area (Å²) in [6.07, 6.45) is -6.59. The second kappa shape index (κ2) is 7.51. The van der Waals surface area contributed by atoms with Crippen molar-refractivity contribution in [1.29, 1.82) is 0 Å². The first kappa shape index (κ1) is 17.4. The first-order valence-electron chi connectivity index (χ1n) is 6.46. The highest BCUT2D eigenvalue weighted by Gasteiger charge is 2.44. The molecule has 122 valence electrons. The van der Waals surface area contributed by atoms with Gasteiger partial charge in [-0.15, -0.1) is 0 Å². The molecule has 1 saturated heterocycles. The molecule has 0 radical (unpaired) electrons. The summed E-state index contributed by atoms with van der Waals surface area (Å²) < 4.78 is 10.8. The fourth-order valence-corrected chi connectivity index (χ4v) is 2.26. The molecule has 5 N–H and O–H groups in total. The van der Waals surface area contributed by atoms with Crippen LogP contribution in [0.15, 0.2) is 24.3 Å². The average molecular weight is 350 g/mol. The molecule has 0 amide bonds. The molecular weight excluding hydrogens is 334 g/mol. The minimum absolute atomic E-state index is 0.0996. The first-order chi connectivity index (χ1) is 10.4. The normalized spacial score (nSPS) is 31.6. The van der Waals surface area contributed by atoms with Crippen molar-refractivity contribution in [2.45, 2.75) is 30.7 Å². The zero-order chi connectivity index (χ0) is 16.3. The van der Waals surface area contributed by atoms with Gasteiger partial charge in [-0.1, -0.05) is 11.6 Å². The van der Waals surface area contributed by atoms with E-state index >= 15 is 0 Å². The van der Waals surface area contributed by atoms with Crippen molar-refractivity contribution in [2.24, 2.45) is 0 Å². The van der Waals surface area contributed by atoms with E-state index in [-0.39, 0.29) is 4.45 Å². The molecule has 1 aliphatic heterocycles. The molecule has 1 aliphatic rings. The summed E-state index contributed by atoms with van der Waals surface area (Å²) in [7, 11) is 0. The number of ether oxygens (including phenoxy) is 2. The third-order valence-electron chi connectivity index (χ3n) is 3.20. The summed E-state index contributed by atoms with van der Waals surface area (Å²) in [5.41, 5.74) is 0.654. The molecule has 7 nitrogen and oxygen atoms in total. The van der Waals surface area contributed by atoms with Crippen molar-refractivity contribution >= 4 is 34.0 Å². The summed E-state index contributed by atoms with van der Waals surface area (Å²) in [5, 5.41) is 41.1. The highest BCUT2D eigenvalue weighted by Crippen LogP contribution is 2.25. The van der Waals surface area contributed by atoms with E-state index in [9.17, 15) is 15.3 Å². The fourth-order valence-electron chi connectivity index (χ4n) is 2.03. The summed E-state index contributed by atoms with van der Waals surface area (Å²) in [6.45, 7) is -0.513. The number of nitrogens with one attached hydrogen (secondary N) is 1. The van der Waals surface area contributed by atoms with Gasteiger partial charge >= 0.3 is 0 Å². The highest BCUT2D eigenvalue weighted by molar-refractivity contribution is 7.83. The van der Waals surface area contributed by atoms with E-state index in [4.69, 9.17) is 38.4 Å². The lowest BCUT2D eigenvalue weighted by atomic mass is 9.99. The van der Waals surface area contributed by atoms with Gasteiger partial charge < -0.3 is 35.2 Å². The van der Waals surface area contributed by atoms with E-state index in [1.807, 2.05) is 0 Å². The number of aliphatic hydroxyl groups is 4. The van der Waals surface area contributed by atoms with Crippen molar-refractivity contribution in [2.75, 3.05) is 11.9 Å². The van der Waals surface area contributed by atoms with Gasteiger partial charge in [0.15, 0.2) is 4.45 Å². The smallest absolute Gasteiger partial charge is 0.229 e. The van der Waals surface area contributed by atoms with Crippen LogP contribution >= 0.6 is 23.8 Å². The number of hydrogen-bond acceptors (Lipinski definition) is 7. The van der Waals surface area contributed by atoms with Crippen LogP contribution in [-0.2, 0) is 4.74 Å². The van der Waals surface area contributed by atoms with Crippen LogP contribution in [0.1, 0.15) is 0 Å². The van der Waals surface area contributed by atoms with E-state index in [0.717, 1.165) is 0 Å². The van der Waals surface area contributed by atoms with E-state index < -0.39 is 37.3 Å². The SMILES string of the molecule is OC[C@H]1O[C@H](Oc2ccc(NC(=S)Cl)cc2)[C@@H](O)[C@@H](O)[C@@H]1O. The van der Waals surface area contributed by atoms with Crippen molar-refractivity contribution in [3.8, 4) is 5.75 Å². The summed E-state index contributed by atoms with van der Waals surface area (Å²) in [4.78, 5) is 0. The third-order valence-corrected chi connectivity index (χ3v) is 3.39. The van der Waals surface area contributed by atoms with Crippen LogP contribution in [0, 0.1) is 0 Å². The van der Waals surface area contributed by atoms with Crippen LogP contribution < -0.4 is 10.1 Å². The lowest BCUT2D eigenvalue weighted by molar-refractivity contribution is -0.277. The molecule has 0 saturated carbocycles. The standard InChI is InChI=1S/C13H16ClNO6S/c14-13(22)15-6-1-3-7(4-2-6)20-12-11(19)10(18)9(17)8(5-16)21-12/h1-4,8-12,16-19H,5H2,(H,15,22)/t8-,9-,10+,11+,12+/m1/s1. The second-order valence-corrected chi connectivity index (χ2v) is 5.75. The summed E-state index contributed by atoms with van der Waals surface area (Å²) in [6, 6.07) is 6.46. The predicted molar refractivity (Wildman–Crippen MR) is 82.9 cm³/mol. The van der Waals surface area contributed by atoms with Gasteiger partial charge in [0.2, 0.25) is 6.29 Å². The molecular formula is C13H16ClNO6S. The maximum atomic E-state index is 9.87. The maximum absolute atomic E-state index is 9.87. The molecule has 1 aromatic rings. The quantitative estimate of drug-likeness (QED) is 0.289. The number of thiocarbonyl (C=S) groups is 1. The number of aliphatic hydroxyl groups excluding tert-OH is 4. The Kier molecular flexibility index (Phi) is 5.93. The number of hydrogen-bond donors (Lipinski definition) is 5. The molecule has 0 aromatic heterocycles. The topological polar surface area (TPSA) is 111 Å². The van der Waals surface area contributed by atoms with E-state index in [0.29, 0.717) is 11.4 Å². The molecule has 0 unspecified atom stereocenters. The van der Waals surface area contributed by atoms with Gasteiger partial charge in [-0.2, -0.15) is 0 Å². The van der Waals surface area contributed by atoms with Gasteiger partial charge in [0.05, 0.1) is 6.61 Å². The van der Waals surface area contributed by atoms with Gasteiger partial charge in [0, 0.05) is 5.69 Å². The highest BCUT2D eigenvalue weighted by atomic mass is 35.5. The van der Waals surface area contributed by atoms with Gasteiger partial charge in [0.1, 0.15) is 30.2 Å². The predicted octanol–water partition coefficient (Wildman–Crippen LogP) is -0.199. The Morgan fingerprint density at radius 1 is 1.18 bits per heavy atom. The number of rotatable bonds is 4. The Bertz CT molecular complexity index is 514. The zero-order valence-corrected chi connectivity index (χ0v) is 12.9. The lowest BCUT2D eigenvalue weighted by Gasteiger charge is -2.39. The molecule has 1 heterocycles. The molecule has 9 heteroatoms. The Balaban J connectivity index is 2.04. The molecule has 5 atom stereocenters. The third kappa shape index (κ3) is 4.05. The monoisotopic (exact) mass is 349 g/mol. The van der Waals surface area contributed by atoms with Crippen molar-refractivity contribution in [1.82, 2.24) is 0 Å². The number of anilines is 1. The van der Waals surface area contributed by atoms with Crippen LogP contribution in [0.5, 0.6) is 5.75 Å². The maximum Gasteiger partial charge on any atom is 0.229 e.